The normalized spacial score (nSPS) is 20.8. The summed E-state index contributed by atoms with van der Waals surface area (Å²) in [7, 11) is 0. The molecule has 0 bridgehead atoms. The monoisotopic (exact) mass is 184 g/mol. The van der Waals surface area contributed by atoms with Gasteiger partial charge in [-0.25, -0.2) is 0 Å². The van der Waals surface area contributed by atoms with Crippen molar-refractivity contribution < 1.29 is 4.79 Å². The van der Waals surface area contributed by atoms with Crippen molar-refractivity contribution in [3.63, 3.8) is 0 Å². The van der Waals surface area contributed by atoms with Crippen LogP contribution in [0, 0.1) is 0 Å². The van der Waals surface area contributed by atoms with Crippen LogP contribution in [0.4, 0.5) is 0 Å². The molecule has 1 aliphatic rings. The molecule has 13 heavy (non-hydrogen) atoms. The summed E-state index contributed by atoms with van der Waals surface area (Å²) in [5.74, 6) is 0.168. The number of unbranched alkanes of at least 4 members (excludes halogenated alkanes) is 1. The Morgan fingerprint density at radius 3 is 2.85 bits per heavy atom. The van der Waals surface area contributed by atoms with Crippen LogP contribution in [0.5, 0.6) is 0 Å². The highest BCUT2D eigenvalue weighted by atomic mass is 16.1. The van der Waals surface area contributed by atoms with Gasteiger partial charge in [0.05, 0.1) is 0 Å². The zero-order valence-corrected chi connectivity index (χ0v) is 8.44. The molecule has 1 atom stereocenters. The summed E-state index contributed by atoms with van der Waals surface area (Å²) in [6.07, 6.45) is 5.54. The second kappa shape index (κ2) is 5.97. The maximum Gasteiger partial charge on any atom is 0.219 e. The van der Waals surface area contributed by atoms with Gasteiger partial charge in [-0.15, -0.1) is 0 Å². The average Bonchev–Trinajstić information content (AvgIpc) is 2.07. The molecule has 0 aromatic carbocycles. The SMILES string of the molecule is CCC(=O)NCCCCC1CCN1. The van der Waals surface area contributed by atoms with E-state index >= 15 is 0 Å². The molecule has 0 aromatic heterocycles. The van der Waals surface area contributed by atoms with Gasteiger partial charge in [0.25, 0.3) is 0 Å². The molecule has 1 amide bonds. The van der Waals surface area contributed by atoms with E-state index in [1.54, 1.807) is 0 Å². The number of amides is 1. The highest BCUT2D eigenvalue weighted by Crippen LogP contribution is 2.09. The molecule has 2 N–H and O–H groups in total. The van der Waals surface area contributed by atoms with Crippen LogP contribution in [0.3, 0.4) is 0 Å². The topological polar surface area (TPSA) is 41.1 Å². The van der Waals surface area contributed by atoms with Gasteiger partial charge in [-0.2, -0.15) is 0 Å². The molecular formula is C10H20N2O. The average molecular weight is 184 g/mol. The predicted molar refractivity (Wildman–Crippen MR) is 53.6 cm³/mol. The van der Waals surface area contributed by atoms with E-state index in [1.807, 2.05) is 6.92 Å². The zero-order chi connectivity index (χ0) is 9.52. The highest BCUT2D eigenvalue weighted by Gasteiger charge is 2.14. The number of nitrogens with one attached hydrogen (secondary N) is 2. The summed E-state index contributed by atoms with van der Waals surface area (Å²) in [5, 5.41) is 6.25. The lowest BCUT2D eigenvalue weighted by atomic mass is 10.0. The zero-order valence-electron chi connectivity index (χ0n) is 8.44. The first kappa shape index (κ1) is 10.5. The van der Waals surface area contributed by atoms with Crippen LogP contribution < -0.4 is 10.6 Å². The van der Waals surface area contributed by atoms with E-state index in [-0.39, 0.29) is 5.91 Å². The third-order valence-electron chi connectivity index (χ3n) is 2.55. The summed E-state index contributed by atoms with van der Waals surface area (Å²) >= 11 is 0. The molecule has 1 fully saturated rings. The molecule has 3 heteroatoms. The van der Waals surface area contributed by atoms with Gasteiger partial charge < -0.3 is 10.6 Å². The number of rotatable bonds is 6. The van der Waals surface area contributed by atoms with Crippen molar-refractivity contribution in [1.82, 2.24) is 10.6 Å². The van der Waals surface area contributed by atoms with Crippen molar-refractivity contribution in [3.8, 4) is 0 Å². The van der Waals surface area contributed by atoms with Gasteiger partial charge in [0, 0.05) is 19.0 Å². The van der Waals surface area contributed by atoms with E-state index in [9.17, 15) is 4.79 Å². The van der Waals surface area contributed by atoms with E-state index in [0.29, 0.717) is 6.42 Å². The maximum absolute atomic E-state index is 10.9. The second-order valence-corrected chi connectivity index (χ2v) is 3.64. The molecular weight excluding hydrogens is 164 g/mol. The van der Waals surface area contributed by atoms with Crippen LogP contribution in [0.1, 0.15) is 39.0 Å². The van der Waals surface area contributed by atoms with E-state index in [1.165, 1.54) is 25.8 Å². The molecule has 1 aliphatic heterocycles. The standard InChI is InChI=1S/C10H20N2O/c1-2-10(13)12-7-4-3-5-9-6-8-11-9/h9,11H,2-8H2,1H3,(H,12,13). The Bertz CT molecular complexity index is 155. The van der Waals surface area contributed by atoms with Gasteiger partial charge >= 0.3 is 0 Å². The molecule has 1 saturated heterocycles. The third kappa shape index (κ3) is 4.27. The lowest BCUT2D eigenvalue weighted by molar-refractivity contribution is -0.120. The number of hydrogen-bond acceptors (Lipinski definition) is 2. The molecule has 3 nitrogen and oxygen atoms in total. The number of carbonyl (C=O) groups is 1. The van der Waals surface area contributed by atoms with Gasteiger partial charge in [-0.1, -0.05) is 13.3 Å². The van der Waals surface area contributed by atoms with Gasteiger partial charge in [-0.05, 0) is 25.8 Å². The van der Waals surface area contributed by atoms with E-state index in [2.05, 4.69) is 10.6 Å². The van der Waals surface area contributed by atoms with Gasteiger partial charge in [-0.3, -0.25) is 4.79 Å². The van der Waals surface area contributed by atoms with Gasteiger partial charge in [0.2, 0.25) is 5.91 Å². The van der Waals surface area contributed by atoms with Crippen LogP contribution in [-0.2, 0) is 4.79 Å². The summed E-state index contributed by atoms with van der Waals surface area (Å²) in [6.45, 7) is 3.92. The van der Waals surface area contributed by atoms with Crippen molar-refractivity contribution in [3.05, 3.63) is 0 Å². The largest absolute Gasteiger partial charge is 0.356 e. The highest BCUT2D eigenvalue weighted by molar-refractivity contribution is 5.75. The maximum atomic E-state index is 10.9. The van der Waals surface area contributed by atoms with Crippen molar-refractivity contribution >= 4 is 5.91 Å². The van der Waals surface area contributed by atoms with Crippen LogP contribution in [-0.4, -0.2) is 25.0 Å². The van der Waals surface area contributed by atoms with Crippen LogP contribution >= 0.6 is 0 Å². The van der Waals surface area contributed by atoms with Crippen molar-refractivity contribution in [1.29, 1.82) is 0 Å². The molecule has 1 unspecified atom stereocenters. The minimum absolute atomic E-state index is 0.168. The first-order chi connectivity index (χ1) is 6.33. The Balaban J connectivity index is 1.80. The third-order valence-corrected chi connectivity index (χ3v) is 2.55. The fourth-order valence-corrected chi connectivity index (χ4v) is 1.46. The smallest absolute Gasteiger partial charge is 0.219 e. The summed E-state index contributed by atoms with van der Waals surface area (Å²) in [4.78, 5) is 10.9. The van der Waals surface area contributed by atoms with Crippen molar-refractivity contribution in [2.75, 3.05) is 13.1 Å². The Kier molecular flexibility index (Phi) is 4.83. The fourth-order valence-electron chi connectivity index (χ4n) is 1.46. The first-order valence-corrected chi connectivity index (χ1v) is 5.33. The lowest BCUT2D eigenvalue weighted by Crippen LogP contribution is -2.42. The summed E-state index contributed by atoms with van der Waals surface area (Å²) in [5.41, 5.74) is 0. The molecule has 1 rings (SSSR count). The molecule has 0 saturated carbocycles. The van der Waals surface area contributed by atoms with Crippen molar-refractivity contribution in [2.24, 2.45) is 0 Å². The Morgan fingerprint density at radius 2 is 2.31 bits per heavy atom. The Morgan fingerprint density at radius 1 is 1.54 bits per heavy atom. The Labute approximate surface area is 80.3 Å². The number of carbonyl (C=O) groups excluding carboxylic acids is 1. The van der Waals surface area contributed by atoms with Gasteiger partial charge in [0.15, 0.2) is 0 Å². The van der Waals surface area contributed by atoms with Gasteiger partial charge in [0.1, 0.15) is 0 Å². The molecule has 0 aliphatic carbocycles. The molecule has 1 heterocycles. The molecule has 0 spiro atoms. The van der Waals surface area contributed by atoms with Crippen LogP contribution in [0.25, 0.3) is 0 Å². The van der Waals surface area contributed by atoms with Crippen LogP contribution in [0.15, 0.2) is 0 Å². The Hall–Kier alpha value is -0.570. The second-order valence-electron chi connectivity index (χ2n) is 3.64. The van der Waals surface area contributed by atoms with E-state index in [0.717, 1.165) is 19.0 Å². The molecule has 0 radical (unpaired) electrons. The first-order valence-electron chi connectivity index (χ1n) is 5.33. The molecule has 76 valence electrons. The quantitative estimate of drug-likeness (QED) is 0.606. The minimum atomic E-state index is 0.168. The summed E-state index contributed by atoms with van der Waals surface area (Å²) in [6, 6.07) is 0.766. The minimum Gasteiger partial charge on any atom is -0.356 e. The van der Waals surface area contributed by atoms with E-state index in [4.69, 9.17) is 0 Å². The fraction of sp³-hybridized carbons (Fsp3) is 0.900. The number of hydrogen-bond donors (Lipinski definition) is 2. The predicted octanol–water partition coefficient (Wildman–Crippen LogP) is 1.04. The summed E-state index contributed by atoms with van der Waals surface area (Å²) < 4.78 is 0. The molecule has 0 aromatic rings. The van der Waals surface area contributed by atoms with Crippen LogP contribution in [0.2, 0.25) is 0 Å². The lowest BCUT2D eigenvalue weighted by Gasteiger charge is -2.27. The van der Waals surface area contributed by atoms with Crippen molar-refractivity contribution in [2.45, 2.75) is 45.1 Å². The van der Waals surface area contributed by atoms with E-state index < -0.39 is 0 Å².